The second-order valence-electron chi connectivity index (χ2n) is 5.57. The predicted octanol–water partition coefficient (Wildman–Crippen LogP) is 1.96. The van der Waals surface area contributed by atoms with E-state index >= 15 is 0 Å². The maximum Gasteiger partial charge on any atom is 0.221 e. The van der Waals surface area contributed by atoms with Crippen LogP contribution in [0.4, 0.5) is 0 Å². The molecule has 6 nitrogen and oxygen atoms in total. The predicted molar refractivity (Wildman–Crippen MR) is 106 cm³/mol. The third-order valence-corrected chi connectivity index (χ3v) is 3.68. The van der Waals surface area contributed by atoms with Gasteiger partial charge in [-0.05, 0) is 25.5 Å². The van der Waals surface area contributed by atoms with Crippen molar-refractivity contribution in [1.29, 1.82) is 0 Å². The standard InChI is InChI=1S/C16H29N5O.HI/c1-6-13(2)19-15(22)9-10-18-16(17-3)21(5)12-14-8-7-11-20(14)4;/h7-8,11,13H,6,9-10,12H2,1-5H3,(H,17,18)(H,19,22);1H. The Hall–Kier alpha value is -1.25. The number of aromatic nitrogens is 1. The molecule has 1 aromatic heterocycles. The molecule has 132 valence electrons. The number of nitrogens with zero attached hydrogens (tertiary/aromatic N) is 3. The molecule has 1 atom stereocenters. The molecule has 7 heteroatoms. The maximum atomic E-state index is 11.7. The molecular weight excluding hydrogens is 405 g/mol. The average molecular weight is 435 g/mol. The number of halogens is 1. The summed E-state index contributed by atoms with van der Waals surface area (Å²) >= 11 is 0. The van der Waals surface area contributed by atoms with E-state index in [0.717, 1.165) is 18.9 Å². The number of hydrogen-bond acceptors (Lipinski definition) is 2. The highest BCUT2D eigenvalue weighted by atomic mass is 127. The van der Waals surface area contributed by atoms with Crippen LogP contribution in [0.1, 0.15) is 32.4 Å². The number of aliphatic imine (C=N–C) groups is 1. The Balaban J connectivity index is 0.00000484. The van der Waals surface area contributed by atoms with Gasteiger partial charge in [0.05, 0.1) is 6.54 Å². The van der Waals surface area contributed by atoms with Crippen molar-refractivity contribution < 1.29 is 4.79 Å². The van der Waals surface area contributed by atoms with Crippen LogP contribution in [0, 0.1) is 0 Å². The molecule has 1 heterocycles. The van der Waals surface area contributed by atoms with E-state index in [1.54, 1.807) is 7.05 Å². The normalized spacial score (nSPS) is 12.3. The molecule has 0 aromatic carbocycles. The zero-order valence-corrected chi connectivity index (χ0v) is 17.1. The van der Waals surface area contributed by atoms with Crippen LogP contribution >= 0.6 is 24.0 Å². The molecule has 0 spiro atoms. The lowest BCUT2D eigenvalue weighted by molar-refractivity contribution is -0.121. The average Bonchev–Trinajstić information content (AvgIpc) is 2.88. The summed E-state index contributed by atoms with van der Waals surface area (Å²) in [4.78, 5) is 18.1. The summed E-state index contributed by atoms with van der Waals surface area (Å²) in [6, 6.07) is 4.34. The van der Waals surface area contributed by atoms with E-state index in [-0.39, 0.29) is 35.9 Å². The van der Waals surface area contributed by atoms with Crippen molar-refractivity contribution in [3.8, 4) is 0 Å². The Morgan fingerprint density at radius 1 is 1.48 bits per heavy atom. The second-order valence-corrected chi connectivity index (χ2v) is 5.57. The zero-order valence-electron chi connectivity index (χ0n) is 14.8. The molecule has 0 bridgehead atoms. The smallest absolute Gasteiger partial charge is 0.221 e. The second kappa shape index (κ2) is 11.3. The number of guanidine groups is 1. The Morgan fingerprint density at radius 3 is 2.70 bits per heavy atom. The fourth-order valence-electron chi connectivity index (χ4n) is 2.10. The molecule has 1 unspecified atom stereocenters. The van der Waals surface area contributed by atoms with Crippen LogP contribution in [0.2, 0.25) is 0 Å². The molecule has 2 N–H and O–H groups in total. The van der Waals surface area contributed by atoms with Gasteiger partial charge in [-0.2, -0.15) is 0 Å². The van der Waals surface area contributed by atoms with E-state index in [4.69, 9.17) is 0 Å². The number of amides is 1. The molecular formula is C16H30IN5O. The van der Waals surface area contributed by atoms with E-state index < -0.39 is 0 Å². The summed E-state index contributed by atoms with van der Waals surface area (Å²) in [5, 5.41) is 6.19. The highest BCUT2D eigenvalue weighted by Gasteiger charge is 2.09. The first-order valence-electron chi connectivity index (χ1n) is 7.79. The van der Waals surface area contributed by atoms with Gasteiger partial charge in [0.25, 0.3) is 0 Å². The first kappa shape index (κ1) is 21.8. The van der Waals surface area contributed by atoms with Crippen molar-refractivity contribution in [1.82, 2.24) is 20.1 Å². The molecule has 23 heavy (non-hydrogen) atoms. The molecule has 0 aliphatic carbocycles. The molecule has 0 saturated carbocycles. The Kier molecular flexibility index (Phi) is 10.7. The van der Waals surface area contributed by atoms with Crippen LogP contribution in [0.15, 0.2) is 23.3 Å². The number of nitrogens with one attached hydrogen (secondary N) is 2. The van der Waals surface area contributed by atoms with Crippen LogP contribution in [-0.2, 0) is 18.4 Å². The van der Waals surface area contributed by atoms with Crippen molar-refractivity contribution in [3.63, 3.8) is 0 Å². The summed E-state index contributed by atoms with van der Waals surface area (Å²) < 4.78 is 2.09. The monoisotopic (exact) mass is 435 g/mol. The Bertz CT molecular complexity index is 500. The first-order valence-corrected chi connectivity index (χ1v) is 7.79. The molecule has 1 amide bonds. The molecule has 0 radical (unpaired) electrons. The largest absolute Gasteiger partial charge is 0.356 e. The van der Waals surface area contributed by atoms with Gasteiger partial charge < -0.3 is 20.1 Å². The summed E-state index contributed by atoms with van der Waals surface area (Å²) in [6.45, 7) is 5.41. The fourth-order valence-corrected chi connectivity index (χ4v) is 2.10. The SMILES string of the molecule is CCC(C)NC(=O)CCNC(=NC)N(C)Cc1cccn1C.I. The molecule has 0 saturated heterocycles. The first-order chi connectivity index (χ1) is 10.5. The summed E-state index contributed by atoms with van der Waals surface area (Å²) in [7, 11) is 5.77. The van der Waals surface area contributed by atoms with Crippen molar-refractivity contribution in [2.75, 3.05) is 20.6 Å². The number of carbonyl (C=O) groups is 1. The fraction of sp³-hybridized carbons (Fsp3) is 0.625. The van der Waals surface area contributed by atoms with Gasteiger partial charge in [0, 0.05) is 52.0 Å². The summed E-state index contributed by atoms with van der Waals surface area (Å²) in [6.07, 6.45) is 3.42. The lowest BCUT2D eigenvalue weighted by Crippen LogP contribution is -2.41. The molecule has 0 fully saturated rings. The van der Waals surface area contributed by atoms with E-state index in [2.05, 4.69) is 33.2 Å². The molecule has 0 aliphatic rings. The van der Waals surface area contributed by atoms with Gasteiger partial charge in [0.2, 0.25) is 5.91 Å². The van der Waals surface area contributed by atoms with E-state index in [0.29, 0.717) is 13.0 Å². The third kappa shape index (κ3) is 7.71. The van der Waals surface area contributed by atoms with Gasteiger partial charge in [-0.15, -0.1) is 24.0 Å². The number of hydrogen-bond donors (Lipinski definition) is 2. The van der Waals surface area contributed by atoms with Crippen molar-refractivity contribution in [2.45, 2.75) is 39.3 Å². The van der Waals surface area contributed by atoms with Gasteiger partial charge in [0.1, 0.15) is 0 Å². The van der Waals surface area contributed by atoms with Crippen LogP contribution in [0.25, 0.3) is 0 Å². The minimum atomic E-state index is 0. The van der Waals surface area contributed by atoms with Crippen LogP contribution in [0.5, 0.6) is 0 Å². The number of aryl methyl sites for hydroxylation is 1. The lowest BCUT2D eigenvalue weighted by atomic mass is 10.2. The third-order valence-electron chi connectivity index (χ3n) is 3.68. The number of carbonyl (C=O) groups excluding carboxylic acids is 1. The Labute approximate surface area is 156 Å². The van der Waals surface area contributed by atoms with Gasteiger partial charge in [-0.1, -0.05) is 6.92 Å². The zero-order chi connectivity index (χ0) is 16.5. The van der Waals surface area contributed by atoms with Gasteiger partial charge in [0.15, 0.2) is 5.96 Å². The lowest BCUT2D eigenvalue weighted by Gasteiger charge is -2.22. The van der Waals surface area contributed by atoms with Gasteiger partial charge in [-0.25, -0.2) is 0 Å². The van der Waals surface area contributed by atoms with E-state index in [1.807, 2.05) is 38.2 Å². The van der Waals surface area contributed by atoms with Crippen molar-refractivity contribution >= 4 is 35.8 Å². The highest BCUT2D eigenvalue weighted by Crippen LogP contribution is 2.03. The van der Waals surface area contributed by atoms with Crippen molar-refractivity contribution in [3.05, 3.63) is 24.0 Å². The van der Waals surface area contributed by atoms with Crippen LogP contribution < -0.4 is 10.6 Å². The number of rotatable bonds is 7. The molecule has 1 rings (SSSR count). The quantitative estimate of drug-likeness (QED) is 0.391. The van der Waals surface area contributed by atoms with Gasteiger partial charge in [-0.3, -0.25) is 9.79 Å². The molecule has 0 aliphatic heterocycles. The van der Waals surface area contributed by atoms with Crippen LogP contribution in [-0.4, -0.2) is 48.0 Å². The minimum Gasteiger partial charge on any atom is -0.356 e. The summed E-state index contributed by atoms with van der Waals surface area (Å²) in [5.74, 6) is 0.861. The summed E-state index contributed by atoms with van der Waals surface area (Å²) in [5.41, 5.74) is 1.21. The van der Waals surface area contributed by atoms with E-state index in [1.165, 1.54) is 5.69 Å². The highest BCUT2D eigenvalue weighted by molar-refractivity contribution is 14.0. The minimum absolute atomic E-state index is 0. The maximum absolute atomic E-state index is 11.7. The topological polar surface area (TPSA) is 61.7 Å². The van der Waals surface area contributed by atoms with E-state index in [9.17, 15) is 4.79 Å². The van der Waals surface area contributed by atoms with Crippen LogP contribution in [0.3, 0.4) is 0 Å². The van der Waals surface area contributed by atoms with Gasteiger partial charge >= 0.3 is 0 Å². The Morgan fingerprint density at radius 2 is 2.17 bits per heavy atom. The molecule has 1 aromatic rings. The van der Waals surface area contributed by atoms with Crippen molar-refractivity contribution in [2.24, 2.45) is 12.0 Å².